The monoisotopic (exact) mass is 421 g/mol. The minimum Gasteiger partial charge on any atom is -0.356 e. The van der Waals surface area contributed by atoms with E-state index in [4.69, 9.17) is 0 Å². The summed E-state index contributed by atoms with van der Waals surface area (Å²) in [5.41, 5.74) is 0. The Morgan fingerprint density at radius 3 is 1.53 bits per heavy atom. The van der Waals surface area contributed by atoms with E-state index >= 15 is 0 Å². The number of carbonyl (C=O) groups is 2. The average molecular weight is 422 g/mol. The van der Waals surface area contributed by atoms with Crippen molar-refractivity contribution in [1.29, 1.82) is 0 Å². The highest BCUT2D eigenvalue weighted by molar-refractivity contribution is 5.75. The SMILES string of the molecule is O=CCCCCCCCCCCCCCCCCCCC(=O)NCC1CCCCC1. The molecule has 1 saturated carbocycles. The fourth-order valence-electron chi connectivity index (χ4n) is 4.73. The highest BCUT2D eigenvalue weighted by Crippen LogP contribution is 2.22. The van der Waals surface area contributed by atoms with Gasteiger partial charge in [0, 0.05) is 19.4 Å². The number of aldehydes is 1. The van der Waals surface area contributed by atoms with Gasteiger partial charge in [0.1, 0.15) is 6.29 Å². The van der Waals surface area contributed by atoms with Gasteiger partial charge >= 0.3 is 0 Å². The van der Waals surface area contributed by atoms with Crippen molar-refractivity contribution >= 4 is 12.2 Å². The van der Waals surface area contributed by atoms with Gasteiger partial charge in [-0.2, -0.15) is 0 Å². The lowest BCUT2D eigenvalue weighted by molar-refractivity contribution is -0.121. The summed E-state index contributed by atoms with van der Waals surface area (Å²) in [6.07, 6.45) is 30.2. The number of rotatable bonds is 21. The molecule has 3 heteroatoms. The molecule has 0 radical (unpaired) electrons. The normalized spacial score (nSPS) is 14.7. The first-order valence-corrected chi connectivity index (χ1v) is 13.5. The predicted octanol–water partition coefficient (Wildman–Crippen LogP) is 7.90. The van der Waals surface area contributed by atoms with Crippen molar-refractivity contribution in [3.63, 3.8) is 0 Å². The molecule has 3 nitrogen and oxygen atoms in total. The van der Waals surface area contributed by atoms with Crippen LogP contribution in [0.3, 0.4) is 0 Å². The zero-order valence-corrected chi connectivity index (χ0v) is 19.9. The number of amides is 1. The summed E-state index contributed by atoms with van der Waals surface area (Å²) in [6, 6.07) is 0. The van der Waals surface area contributed by atoms with Crippen molar-refractivity contribution in [3.8, 4) is 0 Å². The van der Waals surface area contributed by atoms with E-state index in [1.807, 2.05) is 0 Å². The molecule has 176 valence electrons. The molecular weight excluding hydrogens is 370 g/mol. The van der Waals surface area contributed by atoms with E-state index in [-0.39, 0.29) is 5.91 Å². The molecule has 1 fully saturated rings. The van der Waals surface area contributed by atoms with Crippen LogP contribution in [-0.2, 0) is 9.59 Å². The van der Waals surface area contributed by atoms with Crippen LogP contribution in [0.15, 0.2) is 0 Å². The quantitative estimate of drug-likeness (QED) is 0.151. The smallest absolute Gasteiger partial charge is 0.220 e. The maximum Gasteiger partial charge on any atom is 0.220 e. The largest absolute Gasteiger partial charge is 0.356 e. The van der Waals surface area contributed by atoms with E-state index in [0.717, 1.165) is 44.4 Å². The Kier molecular flexibility index (Phi) is 19.4. The Morgan fingerprint density at radius 1 is 0.633 bits per heavy atom. The molecule has 0 aromatic heterocycles. The fraction of sp³-hybridized carbons (Fsp3) is 0.926. The summed E-state index contributed by atoms with van der Waals surface area (Å²) in [7, 11) is 0. The van der Waals surface area contributed by atoms with Crippen molar-refractivity contribution in [2.75, 3.05) is 6.54 Å². The van der Waals surface area contributed by atoms with Crippen LogP contribution in [0.5, 0.6) is 0 Å². The summed E-state index contributed by atoms with van der Waals surface area (Å²) < 4.78 is 0. The second-order valence-corrected chi connectivity index (χ2v) is 9.67. The van der Waals surface area contributed by atoms with Gasteiger partial charge in [0.2, 0.25) is 5.91 Å². The fourth-order valence-corrected chi connectivity index (χ4v) is 4.73. The molecule has 0 aromatic rings. The van der Waals surface area contributed by atoms with E-state index in [2.05, 4.69) is 5.32 Å². The summed E-state index contributed by atoms with van der Waals surface area (Å²) in [4.78, 5) is 22.2. The third kappa shape index (κ3) is 18.0. The molecule has 0 aromatic carbocycles. The van der Waals surface area contributed by atoms with Crippen LogP contribution in [0.4, 0.5) is 0 Å². The average Bonchev–Trinajstić information content (AvgIpc) is 2.77. The number of hydrogen-bond donors (Lipinski definition) is 1. The van der Waals surface area contributed by atoms with Crippen LogP contribution in [0.1, 0.15) is 148 Å². The van der Waals surface area contributed by atoms with Crippen LogP contribution in [-0.4, -0.2) is 18.7 Å². The van der Waals surface area contributed by atoms with Gasteiger partial charge in [0.25, 0.3) is 0 Å². The van der Waals surface area contributed by atoms with E-state index in [9.17, 15) is 9.59 Å². The van der Waals surface area contributed by atoms with Gasteiger partial charge in [-0.15, -0.1) is 0 Å². The lowest BCUT2D eigenvalue weighted by Gasteiger charge is -2.21. The molecule has 0 atom stereocenters. The van der Waals surface area contributed by atoms with Crippen molar-refractivity contribution in [2.45, 2.75) is 148 Å². The highest BCUT2D eigenvalue weighted by Gasteiger charge is 2.13. The molecule has 0 bridgehead atoms. The first kappa shape index (κ1) is 27.2. The Labute approximate surface area is 187 Å². The molecule has 0 aliphatic heterocycles. The van der Waals surface area contributed by atoms with Crippen LogP contribution in [0.2, 0.25) is 0 Å². The number of carbonyl (C=O) groups excluding carboxylic acids is 2. The summed E-state index contributed by atoms with van der Waals surface area (Å²) in [5, 5.41) is 3.16. The summed E-state index contributed by atoms with van der Waals surface area (Å²) >= 11 is 0. The third-order valence-electron chi connectivity index (χ3n) is 6.79. The zero-order valence-electron chi connectivity index (χ0n) is 19.9. The zero-order chi connectivity index (χ0) is 21.5. The number of nitrogens with one attached hydrogen (secondary N) is 1. The standard InChI is InChI=1S/C27H51NO2/c29-24-20-15-13-11-9-7-5-3-1-2-4-6-8-10-12-14-19-23-27(30)28-25-26-21-17-16-18-22-26/h24,26H,1-23,25H2,(H,28,30). The van der Waals surface area contributed by atoms with Gasteiger partial charge < -0.3 is 10.1 Å². The van der Waals surface area contributed by atoms with Gasteiger partial charge in [-0.05, 0) is 31.6 Å². The summed E-state index contributed by atoms with van der Waals surface area (Å²) in [5.74, 6) is 1.02. The molecule has 0 unspecified atom stereocenters. The molecule has 30 heavy (non-hydrogen) atoms. The maximum atomic E-state index is 11.9. The number of unbranched alkanes of at least 4 members (excludes halogenated alkanes) is 16. The lowest BCUT2D eigenvalue weighted by atomic mass is 9.89. The molecule has 0 spiro atoms. The molecule has 1 N–H and O–H groups in total. The Balaban J connectivity index is 1.70. The van der Waals surface area contributed by atoms with Crippen molar-refractivity contribution < 1.29 is 9.59 Å². The summed E-state index contributed by atoms with van der Waals surface area (Å²) in [6.45, 7) is 0.918. The molecule has 1 aliphatic carbocycles. The van der Waals surface area contributed by atoms with Crippen LogP contribution < -0.4 is 5.32 Å². The van der Waals surface area contributed by atoms with Crippen LogP contribution in [0, 0.1) is 5.92 Å². The molecule has 1 aliphatic rings. The Morgan fingerprint density at radius 2 is 1.07 bits per heavy atom. The van der Waals surface area contributed by atoms with Gasteiger partial charge in [-0.3, -0.25) is 4.79 Å². The van der Waals surface area contributed by atoms with Crippen molar-refractivity contribution in [2.24, 2.45) is 5.92 Å². The Hall–Kier alpha value is -0.860. The molecule has 0 saturated heterocycles. The lowest BCUT2D eigenvalue weighted by Crippen LogP contribution is -2.29. The maximum absolute atomic E-state index is 11.9. The van der Waals surface area contributed by atoms with Crippen molar-refractivity contribution in [1.82, 2.24) is 5.32 Å². The van der Waals surface area contributed by atoms with Crippen LogP contribution in [0.25, 0.3) is 0 Å². The minimum absolute atomic E-state index is 0.276. The van der Waals surface area contributed by atoms with E-state index in [0.29, 0.717) is 0 Å². The van der Waals surface area contributed by atoms with Gasteiger partial charge in [-0.1, -0.05) is 109 Å². The van der Waals surface area contributed by atoms with E-state index in [1.165, 1.54) is 122 Å². The second kappa shape index (κ2) is 21.4. The minimum atomic E-state index is 0.276. The highest BCUT2D eigenvalue weighted by atomic mass is 16.1. The number of hydrogen-bond acceptors (Lipinski definition) is 2. The topological polar surface area (TPSA) is 46.2 Å². The third-order valence-corrected chi connectivity index (χ3v) is 6.79. The molecule has 1 amide bonds. The van der Waals surface area contributed by atoms with Crippen LogP contribution >= 0.6 is 0 Å². The first-order chi connectivity index (χ1) is 14.8. The predicted molar refractivity (Wildman–Crippen MR) is 129 cm³/mol. The van der Waals surface area contributed by atoms with Crippen molar-refractivity contribution in [3.05, 3.63) is 0 Å². The Bertz CT molecular complexity index is 390. The van der Waals surface area contributed by atoms with E-state index in [1.54, 1.807) is 0 Å². The first-order valence-electron chi connectivity index (χ1n) is 13.5. The molecular formula is C27H51NO2. The molecule has 0 heterocycles. The van der Waals surface area contributed by atoms with E-state index < -0.39 is 0 Å². The molecule has 1 rings (SSSR count). The van der Waals surface area contributed by atoms with Gasteiger partial charge in [0.15, 0.2) is 0 Å². The van der Waals surface area contributed by atoms with Gasteiger partial charge in [0.05, 0.1) is 0 Å². The van der Waals surface area contributed by atoms with Gasteiger partial charge in [-0.25, -0.2) is 0 Å². The second-order valence-electron chi connectivity index (χ2n) is 9.67.